The fourth-order valence-electron chi connectivity index (χ4n) is 3.09. The Hall–Kier alpha value is -2.25. The Labute approximate surface area is 136 Å². The second-order valence-corrected chi connectivity index (χ2v) is 6.25. The van der Waals surface area contributed by atoms with Crippen LogP contribution in [0.3, 0.4) is 0 Å². The Bertz CT molecular complexity index is 648. The number of carbonyl (C=O) groups excluding carboxylic acids is 2. The molecule has 1 aliphatic carbocycles. The minimum absolute atomic E-state index is 0.162. The molecule has 0 aromatic heterocycles. The van der Waals surface area contributed by atoms with E-state index in [2.05, 4.69) is 15.4 Å². The average Bonchev–Trinajstić information content (AvgIpc) is 2.41. The average molecular weight is 342 g/mol. The minimum Gasteiger partial charge on any atom is -0.406 e. The first-order chi connectivity index (χ1) is 11.3. The van der Waals surface area contributed by atoms with E-state index in [0.29, 0.717) is 12.1 Å². The summed E-state index contributed by atoms with van der Waals surface area (Å²) < 4.78 is 41.1. The van der Waals surface area contributed by atoms with Crippen molar-refractivity contribution in [3.8, 4) is 5.75 Å². The molecule has 1 atom stereocenters. The summed E-state index contributed by atoms with van der Waals surface area (Å²) in [6, 6.07) is 5.40. The Morgan fingerprint density at radius 2 is 2.08 bits per heavy atom. The molecule has 1 aliphatic heterocycles. The molecule has 2 amide bonds. The first-order valence-electron chi connectivity index (χ1n) is 7.71. The number of hydrogen-bond acceptors (Lipinski definition) is 3. The van der Waals surface area contributed by atoms with Crippen LogP contribution in [0.4, 0.5) is 13.2 Å². The molecule has 0 bridgehead atoms. The van der Waals surface area contributed by atoms with Gasteiger partial charge in [-0.3, -0.25) is 9.59 Å². The van der Waals surface area contributed by atoms with Crippen LogP contribution in [0, 0.1) is 0 Å². The van der Waals surface area contributed by atoms with Crippen LogP contribution in [0.15, 0.2) is 24.3 Å². The van der Waals surface area contributed by atoms with Gasteiger partial charge in [0.25, 0.3) is 0 Å². The van der Waals surface area contributed by atoms with Gasteiger partial charge in [0, 0.05) is 12.0 Å². The van der Waals surface area contributed by atoms with Crippen LogP contribution in [-0.4, -0.2) is 30.8 Å². The van der Waals surface area contributed by atoms with Crippen molar-refractivity contribution in [2.24, 2.45) is 0 Å². The summed E-state index contributed by atoms with van der Waals surface area (Å²) in [7, 11) is 0. The van der Waals surface area contributed by atoms with Gasteiger partial charge in [0.05, 0.1) is 6.42 Å². The maximum absolute atomic E-state index is 12.4. The van der Waals surface area contributed by atoms with Gasteiger partial charge in [0.2, 0.25) is 11.8 Å². The summed E-state index contributed by atoms with van der Waals surface area (Å²) in [6.45, 7) is 0.327. The van der Waals surface area contributed by atoms with Crippen LogP contribution >= 0.6 is 0 Å². The van der Waals surface area contributed by atoms with E-state index in [1.54, 1.807) is 6.07 Å². The molecule has 2 aliphatic rings. The topological polar surface area (TPSA) is 67.4 Å². The van der Waals surface area contributed by atoms with Crippen LogP contribution in [0.2, 0.25) is 0 Å². The summed E-state index contributed by atoms with van der Waals surface area (Å²) in [5.41, 5.74) is 0.336. The number of amides is 2. The molecule has 130 valence electrons. The molecule has 1 unspecified atom stereocenters. The zero-order chi connectivity index (χ0) is 17.4. The van der Waals surface area contributed by atoms with E-state index in [1.165, 1.54) is 18.2 Å². The molecule has 0 radical (unpaired) electrons. The van der Waals surface area contributed by atoms with Crippen molar-refractivity contribution < 1.29 is 27.5 Å². The van der Waals surface area contributed by atoms with Crippen molar-refractivity contribution in [2.45, 2.75) is 43.5 Å². The fourth-order valence-corrected chi connectivity index (χ4v) is 3.09. The third-order valence-corrected chi connectivity index (χ3v) is 4.63. The van der Waals surface area contributed by atoms with E-state index in [1.807, 2.05) is 0 Å². The largest absolute Gasteiger partial charge is 0.573 e. The van der Waals surface area contributed by atoms with Gasteiger partial charge in [-0.2, -0.15) is 0 Å². The number of carbonyl (C=O) groups is 2. The standard InChI is InChI=1S/C16H17F3N2O3/c17-16(18,19)24-11-4-1-3-10(7-11)15(5-2-6-15)9-20-14(23)12-8-13(22)21-12/h1,3-4,7,12H,2,5-6,8-9H2,(H,20,23)(H,21,22). The molecule has 8 heteroatoms. The smallest absolute Gasteiger partial charge is 0.406 e. The number of hydrogen-bond donors (Lipinski definition) is 2. The first kappa shape index (κ1) is 16.6. The van der Waals surface area contributed by atoms with E-state index in [9.17, 15) is 22.8 Å². The highest BCUT2D eigenvalue weighted by atomic mass is 19.4. The highest BCUT2D eigenvalue weighted by Gasteiger charge is 2.41. The molecule has 5 nitrogen and oxygen atoms in total. The molecule has 1 heterocycles. The zero-order valence-electron chi connectivity index (χ0n) is 12.8. The summed E-state index contributed by atoms with van der Waals surface area (Å²) >= 11 is 0. The maximum atomic E-state index is 12.4. The third kappa shape index (κ3) is 3.47. The number of nitrogens with one attached hydrogen (secondary N) is 2. The Morgan fingerprint density at radius 1 is 1.38 bits per heavy atom. The van der Waals surface area contributed by atoms with E-state index < -0.39 is 12.4 Å². The van der Waals surface area contributed by atoms with Gasteiger partial charge in [-0.05, 0) is 30.5 Å². The summed E-state index contributed by atoms with van der Waals surface area (Å²) in [4.78, 5) is 22.8. The number of alkyl halides is 3. The Balaban J connectivity index is 1.67. The summed E-state index contributed by atoms with van der Waals surface area (Å²) in [5.74, 6) is -0.682. The lowest BCUT2D eigenvalue weighted by Gasteiger charge is -2.43. The lowest BCUT2D eigenvalue weighted by molar-refractivity contribution is -0.274. The molecule has 2 N–H and O–H groups in total. The number of β-lactam (4-membered cyclic amide) rings is 1. The van der Waals surface area contributed by atoms with Crippen molar-refractivity contribution in [2.75, 3.05) is 6.54 Å². The second-order valence-electron chi connectivity index (χ2n) is 6.25. The molecular weight excluding hydrogens is 325 g/mol. The van der Waals surface area contributed by atoms with Gasteiger partial charge in [-0.1, -0.05) is 18.6 Å². The SMILES string of the molecule is O=C1CC(C(=O)NCC2(c3cccc(OC(F)(F)F)c3)CCC2)N1. The molecule has 1 aromatic carbocycles. The fraction of sp³-hybridized carbons (Fsp3) is 0.500. The number of halogens is 3. The van der Waals surface area contributed by atoms with E-state index >= 15 is 0 Å². The number of rotatable bonds is 5. The van der Waals surface area contributed by atoms with Gasteiger partial charge in [-0.25, -0.2) is 0 Å². The molecule has 2 fully saturated rings. The predicted molar refractivity (Wildman–Crippen MR) is 78.2 cm³/mol. The lowest BCUT2D eigenvalue weighted by Crippen LogP contribution is -2.58. The summed E-state index contributed by atoms with van der Waals surface area (Å²) in [5, 5.41) is 5.29. The van der Waals surface area contributed by atoms with Crippen molar-refractivity contribution in [3.05, 3.63) is 29.8 Å². The number of ether oxygens (including phenoxy) is 1. The van der Waals surface area contributed by atoms with Gasteiger partial charge in [0.15, 0.2) is 0 Å². The molecule has 1 saturated carbocycles. The maximum Gasteiger partial charge on any atom is 0.573 e. The molecule has 1 saturated heterocycles. The third-order valence-electron chi connectivity index (χ3n) is 4.63. The van der Waals surface area contributed by atoms with Crippen LogP contribution in [0.1, 0.15) is 31.2 Å². The lowest BCUT2D eigenvalue weighted by atomic mass is 9.64. The van der Waals surface area contributed by atoms with Crippen LogP contribution < -0.4 is 15.4 Å². The Morgan fingerprint density at radius 3 is 2.62 bits per heavy atom. The summed E-state index contributed by atoms with van der Waals surface area (Å²) in [6.07, 6.45) is -2.06. The first-order valence-corrected chi connectivity index (χ1v) is 7.71. The highest BCUT2D eigenvalue weighted by molar-refractivity contribution is 5.97. The molecule has 3 rings (SSSR count). The van der Waals surface area contributed by atoms with E-state index in [-0.39, 0.29) is 29.4 Å². The molecule has 1 aromatic rings. The van der Waals surface area contributed by atoms with Crippen molar-refractivity contribution in [1.29, 1.82) is 0 Å². The molecule has 0 spiro atoms. The molecule has 24 heavy (non-hydrogen) atoms. The van der Waals surface area contributed by atoms with Crippen molar-refractivity contribution in [3.63, 3.8) is 0 Å². The van der Waals surface area contributed by atoms with Gasteiger partial charge in [-0.15, -0.1) is 13.2 Å². The number of benzene rings is 1. The van der Waals surface area contributed by atoms with Crippen molar-refractivity contribution >= 4 is 11.8 Å². The van der Waals surface area contributed by atoms with E-state index in [0.717, 1.165) is 19.3 Å². The van der Waals surface area contributed by atoms with E-state index in [4.69, 9.17) is 0 Å². The van der Waals surface area contributed by atoms with Crippen LogP contribution in [0.25, 0.3) is 0 Å². The zero-order valence-corrected chi connectivity index (χ0v) is 12.8. The minimum atomic E-state index is -4.73. The van der Waals surface area contributed by atoms with Gasteiger partial charge >= 0.3 is 6.36 Å². The monoisotopic (exact) mass is 342 g/mol. The second kappa shape index (κ2) is 5.99. The normalized spacial score (nSPS) is 22.0. The van der Waals surface area contributed by atoms with Crippen molar-refractivity contribution in [1.82, 2.24) is 10.6 Å². The van der Waals surface area contributed by atoms with Crippen LogP contribution in [-0.2, 0) is 15.0 Å². The Kier molecular flexibility index (Phi) is 4.15. The highest BCUT2D eigenvalue weighted by Crippen LogP contribution is 2.44. The quantitative estimate of drug-likeness (QED) is 0.805. The van der Waals surface area contributed by atoms with Crippen LogP contribution in [0.5, 0.6) is 5.75 Å². The molecular formula is C16H17F3N2O3. The van der Waals surface area contributed by atoms with Gasteiger partial charge < -0.3 is 15.4 Å². The predicted octanol–water partition coefficient (Wildman–Crippen LogP) is 2.01. The van der Waals surface area contributed by atoms with Gasteiger partial charge in [0.1, 0.15) is 11.8 Å².